The highest BCUT2D eigenvalue weighted by molar-refractivity contribution is 5.74. The van der Waals surface area contributed by atoms with Gasteiger partial charge in [-0.3, -0.25) is 10.3 Å². The zero-order valence-corrected chi connectivity index (χ0v) is 17.9. The molecule has 1 saturated heterocycles. The topological polar surface area (TPSA) is 54.0 Å². The van der Waals surface area contributed by atoms with Gasteiger partial charge in [-0.05, 0) is 30.5 Å². The van der Waals surface area contributed by atoms with Crippen LogP contribution in [0.1, 0.15) is 42.0 Å². The Morgan fingerprint density at radius 3 is 2.12 bits per heavy atom. The molecule has 6 nitrogen and oxygen atoms in total. The molecule has 1 fully saturated rings. The second-order valence-electron chi connectivity index (χ2n) is 8.13. The number of urea groups is 1. The number of hydrazine groups is 1. The van der Waals surface area contributed by atoms with Crippen LogP contribution in [-0.4, -0.2) is 29.2 Å². The first-order chi connectivity index (χ1) is 15.8. The molecule has 2 amide bonds. The fraction of sp³-hybridized carbons (Fsp3) is 0.269. The molecule has 2 aliphatic rings. The van der Waals surface area contributed by atoms with E-state index in [0.717, 1.165) is 54.1 Å². The lowest BCUT2D eigenvalue weighted by Crippen LogP contribution is -2.51. The van der Waals surface area contributed by atoms with E-state index in [-0.39, 0.29) is 12.6 Å². The summed E-state index contributed by atoms with van der Waals surface area (Å²) in [6.45, 7) is 1.98. The van der Waals surface area contributed by atoms with Crippen LogP contribution < -0.4 is 10.2 Å². The molecule has 0 unspecified atom stereocenters. The Morgan fingerprint density at radius 2 is 1.47 bits per heavy atom. The number of piperidine rings is 1. The normalized spacial score (nSPS) is 15.9. The number of para-hydroxylation sites is 2. The number of carbonyl (C=O) groups excluding carboxylic acids is 1. The van der Waals surface area contributed by atoms with Crippen LogP contribution in [-0.2, 0) is 11.4 Å². The van der Waals surface area contributed by atoms with Gasteiger partial charge in [-0.2, -0.15) is 5.06 Å². The summed E-state index contributed by atoms with van der Waals surface area (Å²) in [5.74, 6) is 1.46. The van der Waals surface area contributed by atoms with Crippen LogP contribution in [0.3, 0.4) is 0 Å². The maximum atomic E-state index is 13.6. The summed E-state index contributed by atoms with van der Waals surface area (Å²) in [7, 11) is 0. The fourth-order valence-electron chi connectivity index (χ4n) is 4.30. The molecule has 1 N–H and O–H groups in total. The SMILES string of the molecule is O=C(NN1CCCCC1)N(OCc1ccccc1)C1c2ccccc2Oc2ccccc21. The van der Waals surface area contributed by atoms with Crippen molar-refractivity contribution in [1.82, 2.24) is 15.5 Å². The summed E-state index contributed by atoms with van der Waals surface area (Å²) < 4.78 is 6.13. The second kappa shape index (κ2) is 9.42. The van der Waals surface area contributed by atoms with E-state index in [1.54, 1.807) is 0 Å². The zero-order chi connectivity index (χ0) is 21.8. The van der Waals surface area contributed by atoms with Crippen LogP contribution in [0.4, 0.5) is 4.79 Å². The minimum Gasteiger partial charge on any atom is -0.457 e. The van der Waals surface area contributed by atoms with Gasteiger partial charge in [-0.1, -0.05) is 73.2 Å². The number of hydrogen-bond donors (Lipinski definition) is 1. The van der Waals surface area contributed by atoms with Crippen molar-refractivity contribution < 1.29 is 14.4 Å². The third-order valence-corrected chi connectivity index (χ3v) is 5.90. The van der Waals surface area contributed by atoms with Gasteiger partial charge in [-0.15, -0.1) is 0 Å². The summed E-state index contributed by atoms with van der Waals surface area (Å²) in [4.78, 5) is 19.8. The molecule has 0 radical (unpaired) electrons. The van der Waals surface area contributed by atoms with Crippen LogP contribution in [0, 0.1) is 0 Å². The molecule has 164 valence electrons. The van der Waals surface area contributed by atoms with Gasteiger partial charge in [0.05, 0.1) is 0 Å². The van der Waals surface area contributed by atoms with Gasteiger partial charge in [0.15, 0.2) is 0 Å². The van der Waals surface area contributed by atoms with Crippen LogP contribution in [0.25, 0.3) is 0 Å². The molecular weight excluding hydrogens is 402 g/mol. The minimum atomic E-state index is -0.426. The summed E-state index contributed by atoms with van der Waals surface area (Å²) in [6.07, 6.45) is 3.35. The molecule has 5 rings (SSSR count). The van der Waals surface area contributed by atoms with E-state index in [1.165, 1.54) is 11.5 Å². The van der Waals surface area contributed by atoms with E-state index >= 15 is 0 Å². The number of ether oxygens (including phenoxy) is 1. The average Bonchev–Trinajstić information content (AvgIpc) is 2.85. The summed E-state index contributed by atoms with van der Waals surface area (Å²) in [5.41, 5.74) is 5.86. The van der Waals surface area contributed by atoms with Crippen LogP contribution in [0.5, 0.6) is 11.5 Å². The molecule has 0 saturated carbocycles. The standard InChI is InChI=1S/C26H27N3O3/c30-26(27-28-17-9-2-10-18-28)29(31-19-20-11-3-1-4-12-20)25-21-13-5-7-15-23(21)32-24-16-8-6-14-22(24)25/h1,3-8,11-16,25H,2,9-10,17-19H2,(H,27,30). The number of amides is 2. The smallest absolute Gasteiger partial charge is 0.356 e. The van der Waals surface area contributed by atoms with E-state index in [1.807, 2.05) is 83.9 Å². The van der Waals surface area contributed by atoms with Gasteiger partial charge < -0.3 is 4.74 Å². The number of nitrogens with zero attached hydrogens (tertiary/aromatic N) is 2. The molecular formula is C26H27N3O3. The van der Waals surface area contributed by atoms with Gasteiger partial charge in [0.25, 0.3) is 0 Å². The van der Waals surface area contributed by atoms with Crippen LogP contribution >= 0.6 is 0 Å². The molecule has 32 heavy (non-hydrogen) atoms. The van der Waals surface area contributed by atoms with Crippen molar-refractivity contribution in [3.8, 4) is 11.5 Å². The second-order valence-corrected chi connectivity index (χ2v) is 8.13. The summed E-state index contributed by atoms with van der Waals surface area (Å²) in [5, 5.41) is 3.46. The maximum Gasteiger partial charge on any atom is 0.356 e. The van der Waals surface area contributed by atoms with Crippen molar-refractivity contribution in [2.45, 2.75) is 31.9 Å². The summed E-state index contributed by atoms with van der Waals surface area (Å²) in [6, 6.07) is 24.8. The molecule has 0 aliphatic carbocycles. The van der Waals surface area contributed by atoms with Gasteiger partial charge in [0, 0.05) is 24.2 Å². The van der Waals surface area contributed by atoms with E-state index in [0.29, 0.717) is 0 Å². The Kier molecular flexibility index (Phi) is 6.05. The lowest BCUT2D eigenvalue weighted by atomic mass is 9.94. The minimum absolute atomic E-state index is 0.278. The van der Waals surface area contributed by atoms with Gasteiger partial charge in [0.1, 0.15) is 24.1 Å². The molecule has 0 atom stereocenters. The van der Waals surface area contributed by atoms with Crippen molar-refractivity contribution in [2.75, 3.05) is 13.1 Å². The number of carbonyl (C=O) groups is 1. The molecule has 3 aromatic rings. The predicted octanol–water partition coefficient (Wildman–Crippen LogP) is 5.43. The van der Waals surface area contributed by atoms with Crippen molar-refractivity contribution in [1.29, 1.82) is 0 Å². The monoisotopic (exact) mass is 429 g/mol. The van der Waals surface area contributed by atoms with Gasteiger partial charge >= 0.3 is 6.03 Å². The van der Waals surface area contributed by atoms with Crippen molar-refractivity contribution in [3.05, 3.63) is 95.6 Å². The first kappa shape index (κ1) is 20.5. The number of hydrogen-bond acceptors (Lipinski definition) is 4. The Bertz CT molecular complexity index is 1020. The Hall–Kier alpha value is -3.35. The number of nitrogens with one attached hydrogen (secondary N) is 1. The van der Waals surface area contributed by atoms with E-state index in [9.17, 15) is 4.79 Å². The van der Waals surface area contributed by atoms with Crippen molar-refractivity contribution >= 4 is 6.03 Å². The lowest BCUT2D eigenvalue weighted by Gasteiger charge is -2.37. The predicted molar refractivity (Wildman–Crippen MR) is 122 cm³/mol. The zero-order valence-electron chi connectivity index (χ0n) is 17.9. The van der Waals surface area contributed by atoms with Crippen LogP contribution in [0.15, 0.2) is 78.9 Å². The molecule has 0 aromatic heterocycles. The first-order valence-electron chi connectivity index (χ1n) is 11.2. The highest BCUT2D eigenvalue weighted by Gasteiger charge is 2.36. The maximum absolute atomic E-state index is 13.6. The molecule has 0 bridgehead atoms. The van der Waals surface area contributed by atoms with Crippen molar-refractivity contribution in [2.24, 2.45) is 0 Å². The van der Waals surface area contributed by atoms with E-state index < -0.39 is 6.04 Å². The number of benzene rings is 3. The van der Waals surface area contributed by atoms with Gasteiger partial charge in [0.2, 0.25) is 0 Å². The Labute approximate surface area is 188 Å². The Morgan fingerprint density at radius 1 is 0.875 bits per heavy atom. The highest BCUT2D eigenvalue weighted by atomic mass is 16.7. The molecule has 2 aliphatic heterocycles. The van der Waals surface area contributed by atoms with Crippen LogP contribution in [0.2, 0.25) is 0 Å². The lowest BCUT2D eigenvalue weighted by molar-refractivity contribution is -0.152. The van der Waals surface area contributed by atoms with E-state index in [2.05, 4.69) is 5.43 Å². The number of hydroxylamine groups is 2. The van der Waals surface area contributed by atoms with E-state index in [4.69, 9.17) is 9.57 Å². The largest absolute Gasteiger partial charge is 0.457 e. The summed E-state index contributed by atoms with van der Waals surface area (Å²) >= 11 is 0. The molecule has 6 heteroatoms. The molecule has 3 aromatic carbocycles. The first-order valence-corrected chi connectivity index (χ1v) is 11.2. The quantitative estimate of drug-likeness (QED) is 0.550. The van der Waals surface area contributed by atoms with Crippen molar-refractivity contribution in [3.63, 3.8) is 0 Å². The molecule has 0 spiro atoms. The third kappa shape index (κ3) is 4.33. The average molecular weight is 430 g/mol. The van der Waals surface area contributed by atoms with Gasteiger partial charge in [-0.25, -0.2) is 9.80 Å². The number of rotatable bonds is 5. The highest BCUT2D eigenvalue weighted by Crippen LogP contribution is 2.45. The number of fused-ring (bicyclic) bond motifs is 2. The third-order valence-electron chi connectivity index (χ3n) is 5.90. The fourth-order valence-corrected chi connectivity index (χ4v) is 4.30. The Balaban J connectivity index is 1.49. The molecule has 2 heterocycles.